The highest BCUT2D eigenvalue weighted by Crippen LogP contribution is 2.36. The fourth-order valence-electron chi connectivity index (χ4n) is 3.81. The van der Waals surface area contributed by atoms with Crippen molar-refractivity contribution in [1.29, 1.82) is 0 Å². The molecule has 0 aromatic heterocycles. The quantitative estimate of drug-likeness (QED) is 0.0749. The van der Waals surface area contributed by atoms with E-state index >= 15 is 0 Å². The Morgan fingerprint density at radius 3 is 1.11 bits per heavy atom. The van der Waals surface area contributed by atoms with E-state index in [1.807, 2.05) is 0 Å². The Balaban J connectivity index is 1.22. The van der Waals surface area contributed by atoms with Crippen LogP contribution in [-0.2, 0) is 42.3 Å². The Labute approximate surface area is 270 Å². The zero-order chi connectivity index (χ0) is 32.8. The van der Waals surface area contributed by atoms with E-state index < -0.39 is 8.32 Å². The second-order valence-corrected chi connectivity index (χ2v) is 16.6. The van der Waals surface area contributed by atoms with Crippen LogP contribution in [0.5, 0.6) is 0 Å². The summed E-state index contributed by atoms with van der Waals surface area (Å²) in [6.45, 7) is 19.6. The maximum Gasteiger partial charge on any atom is 0.261 e. The zero-order valence-electron chi connectivity index (χ0n) is 28.0. The first-order valence-corrected chi connectivity index (χ1v) is 18.8. The average Bonchev–Trinajstić information content (AvgIpc) is 3.24. The minimum Gasteiger partial charge on any atom is -0.414 e. The summed E-state index contributed by atoms with van der Waals surface area (Å²) in [5, 5.41) is 0.211. The molecular weight excluding hydrogens is 602 g/mol. The van der Waals surface area contributed by atoms with Crippen LogP contribution in [0.15, 0.2) is 24.3 Å². The molecule has 0 atom stereocenters. The van der Waals surface area contributed by atoms with Gasteiger partial charge in [-0.1, -0.05) is 32.9 Å². The van der Waals surface area contributed by atoms with E-state index in [4.69, 9.17) is 42.3 Å². The van der Waals surface area contributed by atoms with Crippen LogP contribution >= 0.6 is 0 Å². The Kier molecular flexibility index (Phi) is 19.9. The van der Waals surface area contributed by atoms with Crippen molar-refractivity contribution in [3.8, 4) is 0 Å². The van der Waals surface area contributed by atoms with Crippen LogP contribution in [0.25, 0.3) is 0 Å². The standard InChI is InChI=1S/C32H55NO11Si/c1-32(2,3)45(4,5)44-27-26-43-25-24-42-23-22-41-21-20-40-19-18-39-17-16-38-15-14-37-13-12-36-11-10-33-30(34)28-8-6-7-9-29(28)31(33)35/h6-9H,10-27H2,1-5H3. The van der Waals surface area contributed by atoms with Gasteiger partial charge in [0.25, 0.3) is 11.8 Å². The molecule has 2 amide bonds. The molecule has 1 heterocycles. The Hall–Kier alpha value is -1.78. The van der Waals surface area contributed by atoms with Crippen molar-refractivity contribution in [2.75, 3.05) is 119 Å². The fourth-order valence-corrected chi connectivity index (χ4v) is 4.84. The molecule has 1 aliphatic rings. The zero-order valence-corrected chi connectivity index (χ0v) is 29.0. The van der Waals surface area contributed by atoms with Gasteiger partial charge in [-0.2, -0.15) is 0 Å². The maximum atomic E-state index is 12.3. The van der Waals surface area contributed by atoms with Gasteiger partial charge in [0.2, 0.25) is 0 Å². The van der Waals surface area contributed by atoms with Crippen molar-refractivity contribution in [1.82, 2.24) is 4.90 Å². The topological polar surface area (TPSA) is 120 Å². The van der Waals surface area contributed by atoms with Crippen LogP contribution < -0.4 is 0 Å². The number of benzene rings is 1. The van der Waals surface area contributed by atoms with Gasteiger partial charge in [-0.3, -0.25) is 14.5 Å². The van der Waals surface area contributed by atoms with Gasteiger partial charge in [-0.15, -0.1) is 0 Å². The molecule has 2 rings (SSSR count). The second-order valence-electron chi connectivity index (χ2n) is 11.8. The molecule has 0 saturated carbocycles. The number of hydrogen-bond acceptors (Lipinski definition) is 11. The molecule has 0 saturated heterocycles. The first-order valence-electron chi connectivity index (χ1n) is 15.9. The van der Waals surface area contributed by atoms with Gasteiger partial charge in [-0.05, 0) is 30.3 Å². The van der Waals surface area contributed by atoms with Gasteiger partial charge in [0.15, 0.2) is 8.32 Å². The van der Waals surface area contributed by atoms with Crippen molar-refractivity contribution < 1.29 is 51.9 Å². The van der Waals surface area contributed by atoms with Gasteiger partial charge in [0, 0.05) is 0 Å². The lowest BCUT2D eigenvalue weighted by Gasteiger charge is -2.36. The van der Waals surface area contributed by atoms with Gasteiger partial charge >= 0.3 is 0 Å². The fraction of sp³-hybridized carbons (Fsp3) is 0.750. The van der Waals surface area contributed by atoms with Crippen molar-refractivity contribution in [3.63, 3.8) is 0 Å². The SMILES string of the molecule is CC(C)(C)[Si](C)(C)OCCOCCOCCOCCOCCOCCOCCOCCOCCN1C(=O)c2ccccc2C1=O. The second kappa shape index (κ2) is 22.7. The number of imide groups is 1. The van der Waals surface area contributed by atoms with Gasteiger partial charge in [-0.25, -0.2) is 0 Å². The molecule has 0 spiro atoms. The van der Waals surface area contributed by atoms with E-state index in [-0.39, 0.29) is 30.0 Å². The number of nitrogens with zero attached hydrogens (tertiary/aromatic N) is 1. The summed E-state index contributed by atoms with van der Waals surface area (Å²) in [4.78, 5) is 25.8. The number of carbonyl (C=O) groups excluding carboxylic acids is 2. The third kappa shape index (κ3) is 16.1. The number of ether oxygens (including phenoxy) is 8. The molecule has 45 heavy (non-hydrogen) atoms. The van der Waals surface area contributed by atoms with Gasteiger partial charge in [0.1, 0.15) is 0 Å². The minimum atomic E-state index is -1.70. The number of hydrogen-bond donors (Lipinski definition) is 0. The molecule has 1 aromatic carbocycles. The number of amides is 2. The molecule has 0 N–H and O–H groups in total. The number of fused-ring (bicyclic) bond motifs is 1. The van der Waals surface area contributed by atoms with E-state index in [1.54, 1.807) is 24.3 Å². The summed E-state index contributed by atoms with van der Waals surface area (Å²) < 4.78 is 50.0. The average molecular weight is 658 g/mol. The van der Waals surface area contributed by atoms with Gasteiger partial charge in [0.05, 0.1) is 130 Å². The van der Waals surface area contributed by atoms with Crippen LogP contribution in [0.3, 0.4) is 0 Å². The van der Waals surface area contributed by atoms with Crippen LogP contribution in [0, 0.1) is 0 Å². The van der Waals surface area contributed by atoms with Crippen molar-refractivity contribution in [2.24, 2.45) is 0 Å². The van der Waals surface area contributed by atoms with E-state index in [1.165, 1.54) is 4.90 Å². The monoisotopic (exact) mass is 657 g/mol. The minimum absolute atomic E-state index is 0.211. The summed E-state index contributed by atoms with van der Waals surface area (Å²) in [5.74, 6) is -0.549. The lowest BCUT2D eigenvalue weighted by Crippen LogP contribution is -2.41. The van der Waals surface area contributed by atoms with E-state index in [2.05, 4.69) is 33.9 Å². The third-order valence-corrected chi connectivity index (χ3v) is 12.0. The molecule has 0 bridgehead atoms. The lowest BCUT2D eigenvalue weighted by molar-refractivity contribution is -0.0239. The van der Waals surface area contributed by atoms with E-state index in [0.29, 0.717) is 117 Å². The van der Waals surface area contributed by atoms with Crippen LogP contribution in [0.2, 0.25) is 18.1 Å². The molecule has 0 aliphatic carbocycles. The molecule has 13 heteroatoms. The largest absolute Gasteiger partial charge is 0.414 e. The predicted octanol–water partition coefficient (Wildman–Crippen LogP) is 3.44. The maximum absolute atomic E-state index is 12.3. The van der Waals surface area contributed by atoms with Crippen LogP contribution in [0.4, 0.5) is 0 Å². The van der Waals surface area contributed by atoms with Crippen LogP contribution in [-0.4, -0.2) is 144 Å². The van der Waals surface area contributed by atoms with Gasteiger partial charge < -0.3 is 42.3 Å². The summed E-state index contributed by atoms with van der Waals surface area (Å²) in [6, 6.07) is 6.83. The molecule has 1 aromatic rings. The predicted molar refractivity (Wildman–Crippen MR) is 172 cm³/mol. The highest BCUT2D eigenvalue weighted by atomic mass is 28.4. The van der Waals surface area contributed by atoms with Crippen molar-refractivity contribution in [2.45, 2.75) is 38.9 Å². The first-order chi connectivity index (χ1) is 21.6. The summed E-state index contributed by atoms with van der Waals surface area (Å²) >= 11 is 0. The van der Waals surface area contributed by atoms with Crippen molar-refractivity contribution in [3.05, 3.63) is 35.4 Å². The normalized spacial score (nSPS) is 13.7. The molecule has 0 radical (unpaired) electrons. The van der Waals surface area contributed by atoms with E-state index in [9.17, 15) is 9.59 Å². The molecular formula is C32H55NO11Si. The summed E-state index contributed by atoms with van der Waals surface area (Å²) in [7, 11) is -1.70. The lowest BCUT2D eigenvalue weighted by atomic mass is 10.1. The van der Waals surface area contributed by atoms with Crippen LogP contribution in [0.1, 0.15) is 41.5 Å². The molecule has 0 unspecified atom stereocenters. The Morgan fingerprint density at radius 2 is 0.800 bits per heavy atom. The summed E-state index contributed by atoms with van der Waals surface area (Å²) in [6.07, 6.45) is 0. The smallest absolute Gasteiger partial charge is 0.261 e. The molecule has 0 fully saturated rings. The highest BCUT2D eigenvalue weighted by molar-refractivity contribution is 6.74. The Morgan fingerprint density at radius 1 is 0.511 bits per heavy atom. The number of carbonyl (C=O) groups is 2. The number of rotatable bonds is 28. The van der Waals surface area contributed by atoms with E-state index in [0.717, 1.165) is 0 Å². The molecule has 1 aliphatic heterocycles. The molecule has 12 nitrogen and oxygen atoms in total. The molecule has 258 valence electrons. The highest BCUT2D eigenvalue weighted by Gasteiger charge is 2.37. The van der Waals surface area contributed by atoms with Crippen molar-refractivity contribution >= 4 is 20.1 Å². The first kappa shape index (κ1) is 39.4. The third-order valence-electron chi connectivity index (χ3n) is 7.44. The Bertz CT molecular complexity index is 922. The summed E-state index contributed by atoms with van der Waals surface area (Å²) in [5.41, 5.74) is 0.890.